The first-order chi connectivity index (χ1) is 23.1. The van der Waals surface area contributed by atoms with Crippen LogP contribution in [0.2, 0.25) is 0 Å². The number of nitrogens with zero attached hydrogens (tertiary/aromatic N) is 5. The van der Waals surface area contributed by atoms with E-state index in [1.165, 1.54) is 6.07 Å². The number of thiophene rings is 1. The van der Waals surface area contributed by atoms with E-state index in [9.17, 15) is 9.65 Å². The fourth-order valence-corrected chi connectivity index (χ4v) is 9.64. The number of alkyl halides is 1. The van der Waals surface area contributed by atoms with Crippen molar-refractivity contribution >= 4 is 43.1 Å². The minimum Gasteiger partial charge on any atom is -0.461 e. The summed E-state index contributed by atoms with van der Waals surface area (Å²) >= 11 is 1.16. The van der Waals surface area contributed by atoms with Crippen molar-refractivity contribution in [3.8, 4) is 23.2 Å². The number of nitrogen functional groups attached to an aromatic ring is 1. The molecule has 3 fully saturated rings. The molecule has 0 amide bonds. The Balaban J connectivity index is 1.31. The highest BCUT2D eigenvalue weighted by Crippen LogP contribution is 2.48. The van der Waals surface area contributed by atoms with Crippen molar-refractivity contribution in [2.24, 2.45) is 0 Å². The van der Waals surface area contributed by atoms with Crippen LogP contribution in [-0.4, -0.2) is 77.4 Å². The molecule has 0 spiro atoms. The number of nitrogens with one attached hydrogen (secondary N) is 1. The molecule has 0 radical (unpaired) electrons. The first-order valence-electron chi connectivity index (χ1n) is 16.6. The maximum atomic E-state index is 17.3. The van der Waals surface area contributed by atoms with E-state index in [1.807, 2.05) is 0 Å². The minimum absolute atomic E-state index is 0.000167. The van der Waals surface area contributed by atoms with Crippen molar-refractivity contribution in [3.63, 3.8) is 0 Å². The fraction of sp³-hybridized carbons (Fsp3) is 0.514. The molecule has 2 saturated heterocycles. The summed E-state index contributed by atoms with van der Waals surface area (Å²) in [5.41, 5.74) is 6.81. The number of benzene rings is 2. The van der Waals surface area contributed by atoms with Gasteiger partial charge >= 0.3 is 6.01 Å². The summed E-state index contributed by atoms with van der Waals surface area (Å²) in [6, 6.07) is 4.90. The number of nitrogens with two attached hydrogens (primary N) is 1. The van der Waals surface area contributed by atoms with Crippen LogP contribution in [0.3, 0.4) is 0 Å². The number of nitriles is 1. The van der Waals surface area contributed by atoms with Crippen molar-refractivity contribution in [2.45, 2.75) is 75.4 Å². The molecule has 5 heterocycles. The number of aromatic nitrogens is 2. The molecule has 2 aromatic heterocycles. The van der Waals surface area contributed by atoms with E-state index in [4.69, 9.17) is 20.2 Å². The largest absolute Gasteiger partial charge is 0.461 e. The molecular weight excluding hydrogens is 639 g/mol. The molecule has 9 nitrogen and oxygen atoms in total. The van der Waals surface area contributed by atoms with Gasteiger partial charge in [-0.2, -0.15) is 15.2 Å². The van der Waals surface area contributed by atoms with Gasteiger partial charge < -0.3 is 25.4 Å². The molecule has 4 aromatic rings. The highest BCUT2D eigenvalue weighted by molar-refractivity contribution is 7.23. The average Bonchev–Trinajstić information content (AvgIpc) is 3.89. The van der Waals surface area contributed by atoms with Gasteiger partial charge in [0, 0.05) is 46.3 Å². The predicted molar refractivity (Wildman–Crippen MR) is 180 cm³/mol. The summed E-state index contributed by atoms with van der Waals surface area (Å²) in [6.45, 7) is 2.13. The number of hydrogen-bond acceptors (Lipinski definition) is 10. The van der Waals surface area contributed by atoms with Crippen LogP contribution in [-0.2, 0) is 18.0 Å². The number of halogens is 3. The number of hydrogen-bond donors (Lipinski definition) is 2. The van der Waals surface area contributed by atoms with Gasteiger partial charge in [-0.15, -0.1) is 11.3 Å². The van der Waals surface area contributed by atoms with Crippen LogP contribution in [0.4, 0.5) is 24.0 Å². The molecule has 48 heavy (non-hydrogen) atoms. The Morgan fingerprint density at radius 3 is 2.69 bits per heavy atom. The Labute approximate surface area is 280 Å². The summed E-state index contributed by atoms with van der Waals surface area (Å²) in [4.78, 5) is 13.9. The standard InChI is InChI=1S/C35H38F3N7O2S/c1-44(2)34(8-3-4-9-34)17-41-32-27-22-16-46-15-21(22)26(28-23(37)6-7-24-25(28)20(13-39)31(40)48-24)29(38)30(27)42-33(43-32)47-18-35-10-5-11-45(35)14-19(36)12-35/h6-7,19H,3-5,8-12,14-18,40H2,1-2H3,(H,41,42,43)/t19-,35+/m1/s1. The molecule has 8 rings (SSSR count). The second-order valence-electron chi connectivity index (χ2n) is 14.0. The first kappa shape index (κ1) is 31.6. The first-order valence-corrected chi connectivity index (χ1v) is 17.4. The molecular formula is C35H38F3N7O2S. The lowest BCUT2D eigenvalue weighted by Crippen LogP contribution is -2.47. The second-order valence-corrected chi connectivity index (χ2v) is 15.1. The van der Waals surface area contributed by atoms with Gasteiger partial charge in [-0.05, 0) is 69.6 Å². The van der Waals surface area contributed by atoms with E-state index in [0.717, 1.165) is 56.4 Å². The van der Waals surface area contributed by atoms with Crippen LogP contribution < -0.4 is 15.8 Å². The zero-order valence-electron chi connectivity index (χ0n) is 27.1. The Morgan fingerprint density at radius 2 is 1.92 bits per heavy atom. The summed E-state index contributed by atoms with van der Waals surface area (Å²) in [6.07, 6.45) is 5.44. The van der Waals surface area contributed by atoms with Gasteiger partial charge in [-0.1, -0.05) is 12.8 Å². The van der Waals surface area contributed by atoms with Crippen molar-refractivity contribution in [1.82, 2.24) is 19.8 Å². The quantitative estimate of drug-likeness (QED) is 0.215. The second kappa shape index (κ2) is 11.7. The Bertz CT molecular complexity index is 1990. The van der Waals surface area contributed by atoms with Gasteiger partial charge in [0.1, 0.15) is 41.0 Å². The lowest BCUT2D eigenvalue weighted by atomic mass is 9.90. The van der Waals surface area contributed by atoms with Crippen LogP contribution in [0.5, 0.6) is 6.01 Å². The summed E-state index contributed by atoms with van der Waals surface area (Å²) < 4.78 is 60.6. The van der Waals surface area contributed by atoms with Crippen LogP contribution >= 0.6 is 11.3 Å². The molecule has 3 N–H and O–H groups in total. The molecule has 1 saturated carbocycles. The fourth-order valence-electron chi connectivity index (χ4n) is 8.71. The monoisotopic (exact) mass is 677 g/mol. The average molecular weight is 678 g/mol. The van der Waals surface area contributed by atoms with Gasteiger partial charge in [-0.25, -0.2) is 13.2 Å². The van der Waals surface area contributed by atoms with Crippen molar-refractivity contribution in [2.75, 3.05) is 51.4 Å². The lowest BCUT2D eigenvalue weighted by molar-refractivity contribution is 0.107. The minimum atomic E-state index is -0.929. The molecule has 4 aliphatic rings. The van der Waals surface area contributed by atoms with Crippen LogP contribution in [0.25, 0.3) is 32.1 Å². The maximum absolute atomic E-state index is 17.3. The topological polar surface area (TPSA) is 113 Å². The molecule has 0 bridgehead atoms. The molecule has 2 atom stereocenters. The van der Waals surface area contributed by atoms with Crippen molar-refractivity contribution in [3.05, 3.63) is 40.5 Å². The normalized spacial score (nSPS) is 23.3. The Morgan fingerprint density at radius 1 is 1.12 bits per heavy atom. The van der Waals surface area contributed by atoms with E-state index in [0.29, 0.717) is 46.5 Å². The van der Waals surface area contributed by atoms with E-state index < -0.39 is 23.3 Å². The van der Waals surface area contributed by atoms with Gasteiger partial charge in [0.2, 0.25) is 0 Å². The summed E-state index contributed by atoms with van der Waals surface area (Å²) in [5.74, 6) is -1.01. The third kappa shape index (κ3) is 4.82. The van der Waals surface area contributed by atoms with Gasteiger partial charge in [-0.3, -0.25) is 4.90 Å². The van der Waals surface area contributed by atoms with Gasteiger partial charge in [0.25, 0.3) is 0 Å². The smallest absolute Gasteiger partial charge is 0.319 e. The van der Waals surface area contributed by atoms with E-state index >= 15 is 8.78 Å². The number of fused-ring (bicyclic) bond motifs is 5. The molecule has 252 valence electrons. The molecule has 13 heteroatoms. The zero-order valence-corrected chi connectivity index (χ0v) is 27.9. The maximum Gasteiger partial charge on any atom is 0.319 e. The molecule has 2 aromatic carbocycles. The Hall–Kier alpha value is -3.70. The third-order valence-electron chi connectivity index (χ3n) is 11.3. The van der Waals surface area contributed by atoms with E-state index in [1.54, 1.807) is 6.07 Å². The lowest BCUT2D eigenvalue weighted by Gasteiger charge is -2.36. The van der Waals surface area contributed by atoms with Crippen LogP contribution in [0.15, 0.2) is 12.1 Å². The third-order valence-corrected chi connectivity index (χ3v) is 12.3. The summed E-state index contributed by atoms with van der Waals surface area (Å²) in [7, 11) is 4.15. The van der Waals surface area contributed by atoms with E-state index in [2.05, 4.69) is 40.3 Å². The predicted octanol–water partition coefficient (Wildman–Crippen LogP) is 6.52. The van der Waals surface area contributed by atoms with Crippen LogP contribution in [0, 0.1) is 23.0 Å². The highest BCUT2D eigenvalue weighted by atomic mass is 32.1. The zero-order chi connectivity index (χ0) is 33.4. The van der Waals surface area contributed by atoms with E-state index in [-0.39, 0.29) is 64.0 Å². The molecule has 0 unspecified atom stereocenters. The Kier molecular flexibility index (Phi) is 7.71. The van der Waals surface area contributed by atoms with Crippen LogP contribution in [0.1, 0.15) is 61.6 Å². The number of anilines is 2. The number of rotatable bonds is 8. The highest BCUT2D eigenvalue weighted by Gasteiger charge is 2.49. The SMILES string of the molecule is CN(C)C1(CNc2nc(OC[C@@]34CCCN3C[C@H](F)C4)nc3c(F)c(-c4c(F)ccc5sc(N)c(C#N)c45)c4c(c23)COC4)CCCC1. The number of ether oxygens (including phenoxy) is 2. The molecule has 1 aliphatic carbocycles. The van der Waals surface area contributed by atoms with Gasteiger partial charge in [0.15, 0.2) is 5.82 Å². The van der Waals surface area contributed by atoms with Gasteiger partial charge in [0.05, 0.1) is 29.7 Å². The van der Waals surface area contributed by atoms with Crippen molar-refractivity contribution < 1.29 is 22.6 Å². The molecule has 3 aliphatic heterocycles. The van der Waals surface area contributed by atoms with Crippen molar-refractivity contribution in [1.29, 1.82) is 5.26 Å². The summed E-state index contributed by atoms with van der Waals surface area (Å²) in [5, 5.41) is 14.5. The number of likely N-dealkylation sites (N-methyl/N-ethyl adjacent to an activating group) is 1.